The van der Waals surface area contributed by atoms with Gasteiger partial charge in [0.1, 0.15) is 16.5 Å². The maximum atomic E-state index is 13.2. The van der Waals surface area contributed by atoms with Crippen molar-refractivity contribution < 1.29 is 18.3 Å². The minimum Gasteiger partial charge on any atom is -0.465 e. The highest BCUT2D eigenvalue weighted by Gasteiger charge is 2.19. The number of aryl methyl sites for hydroxylation is 1. The lowest BCUT2D eigenvalue weighted by Crippen LogP contribution is -2.00. The molecule has 18 heavy (non-hydrogen) atoms. The number of esters is 1. The highest BCUT2D eigenvalue weighted by Crippen LogP contribution is 2.33. The van der Waals surface area contributed by atoms with E-state index < -0.39 is 17.6 Å². The Morgan fingerprint density at radius 1 is 1.22 bits per heavy atom. The number of ether oxygens (including phenoxy) is 1. The molecule has 0 saturated carbocycles. The summed E-state index contributed by atoms with van der Waals surface area (Å²) in [5.74, 6) is -1.86. The SMILES string of the molecule is COC(=O)c1scc(C)c1-c1cc(F)cc(F)c1. The first kappa shape index (κ1) is 12.7. The van der Waals surface area contributed by atoms with Crippen LogP contribution in [-0.2, 0) is 4.74 Å². The monoisotopic (exact) mass is 268 g/mol. The van der Waals surface area contributed by atoms with Crippen LogP contribution < -0.4 is 0 Å². The standard InChI is InChI=1S/C13H10F2O2S/c1-7-6-18-12(13(16)17-2)11(7)8-3-9(14)5-10(15)4-8/h3-6H,1-2H3. The summed E-state index contributed by atoms with van der Waals surface area (Å²) in [4.78, 5) is 11.9. The lowest BCUT2D eigenvalue weighted by Gasteiger charge is -2.05. The zero-order chi connectivity index (χ0) is 13.3. The molecule has 0 fully saturated rings. The molecule has 2 aromatic rings. The highest BCUT2D eigenvalue weighted by atomic mass is 32.1. The zero-order valence-electron chi connectivity index (χ0n) is 9.79. The molecule has 5 heteroatoms. The van der Waals surface area contributed by atoms with E-state index in [1.54, 1.807) is 12.3 Å². The predicted octanol–water partition coefficient (Wildman–Crippen LogP) is 3.79. The Hall–Kier alpha value is -1.75. The van der Waals surface area contributed by atoms with Gasteiger partial charge in [0.25, 0.3) is 0 Å². The fourth-order valence-electron chi connectivity index (χ4n) is 1.74. The average Bonchev–Trinajstić information content (AvgIpc) is 2.69. The lowest BCUT2D eigenvalue weighted by molar-refractivity contribution is 0.0607. The number of thiophene rings is 1. The Balaban J connectivity index is 2.62. The number of hydrogen-bond donors (Lipinski definition) is 0. The van der Waals surface area contributed by atoms with Gasteiger partial charge in [-0.25, -0.2) is 13.6 Å². The smallest absolute Gasteiger partial charge is 0.348 e. The maximum absolute atomic E-state index is 13.2. The van der Waals surface area contributed by atoms with E-state index >= 15 is 0 Å². The van der Waals surface area contributed by atoms with Crippen molar-refractivity contribution in [1.29, 1.82) is 0 Å². The topological polar surface area (TPSA) is 26.3 Å². The summed E-state index contributed by atoms with van der Waals surface area (Å²) in [6.45, 7) is 1.78. The quantitative estimate of drug-likeness (QED) is 0.775. The van der Waals surface area contributed by atoms with Gasteiger partial charge in [-0.05, 0) is 35.6 Å². The maximum Gasteiger partial charge on any atom is 0.348 e. The molecule has 0 amide bonds. The average molecular weight is 268 g/mol. The van der Waals surface area contributed by atoms with Gasteiger partial charge in [-0.15, -0.1) is 11.3 Å². The number of methoxy groups -OCH3 is 1. The molecule has 0 atom stereocenters. The summed E-state index contributed by atoms with van der Waals surface area (Å²) in [6.07, 6.45) is 0. The summed E-state index contributed by atoms with van der Waals surface area (Å²) in [7, 11) is 1.27. The molecule has 1 heterocycles. The minimum atomic E-state index is -0.675. The largest absolute Gasteiger partial charge is 0.465 e. The van der Waals surface area contributed by atoms with Gasteiger partial charge in [0, 0.05) is 11.6 Å². The van der Waals surface area contributed by atoms with Crippen molar-refractivity contribution in [3.8, 4) is 11.1 Å². The molecule has 0 unspecified atom stereocenters. The molecule has 94 valence electrons. The van der Waals surface area contributed by atoms with E-state index in [1.165, 1.54) is 30.6 Å². The second-order valence-corrected chi connectivity index (χ2v) is 4.65. The molecule has 1 aromatic carbocycles. The molecule has 0 aliphatic carbocycles. The van der Waals surface area contributed by atoms with E-state index in [-0.39, 0.29) is 0 Å². The first-order chi connectivity index (χ1) is 8.52. The van der Waals surface area contributed by atoms with Crippen LogP contribution >= 0.6 is 11.3 Å². The van der Waals surface area contributed by atoms with Crippen LogP contribution in [0.4, 0.5) is 8.78 Å². The van der Waals surface area contributed by atoms with Crippen molar-refractivity contribution in [3.05, 3.63) is 45.7 Å². The zero-order valence-corrected chi connectivity index (χ0v) is 10.6. The molecule has 0 bridgehead atoms. The van der Waals surface area contributed by atoms with Crippen LogP contribution in [0.5, 0.6) is 0 Å². The van der Waals surface area contributed by atoms with Crippen molar-refractivity contribution in [2.24, 2.45) is 0 Å². The molecular formula is C13H10F2O2S. The molecular weight excluding hydrogens is 258 g/mol. The summed E-state index contributed by atoms with van der Waals surface area (Å²) >= 11 is 1.20. The molecule has 2 nitrogen and oxygen atoms in total. The van der Waals surface area contributed by atoms with Crippen LogP contribution in [0.1, 0.15) is 15.2 Å². The molecule has 2 rings (SSSR count). The first-order valence-corrected chi connectivity index (χ1v) is 6.03. The third-order valence-electron chi connectivity index (χ3n) is 2.50. The van der Waals surface area contributed by atoms with Gasteiger partial charge in [0.2, 0.25) is 0 Å². The second kappa shape index (κ2) is 4.86. The summed E-state index contributed by atoms with van der Waals surface area (Å²) in [6, 6.07) is 3.19. The van der Waals surface area contributed by atoms with Gasteiger partial charge < -0.3 is 4.74 Å². The van der Waals surface area contributed by atoms with Crippen LogP contribution in [0.2, 0.25) is 0 Å². The van der Waals surface area contributed by atoms with E-state index in [0.717, 1.165) is 11.6 Å². The Labute approximate surface area is 107 Å². The molecule has 0 aliphatic heterocycles. The highest BCUT2D eigenvalue weighted by molar-refractivity contribution is 7.12. The second-order valence-electron chi connectivity index (χ2n) is 3.77. The molecule has 0 saturated heterocycles. The van der Waals surface area contributed by atoms with Crippen LogP contribution in [0.25, 0.3) is 11.1 Å². The third-order valence-corrected chi connectivity index (χ3v) is 3.57. The van der Waals surface area contributed by atoms with E-state index in [2.05, 4.69) is 4.74 Å². The van der Waals surface area contributed by atoms with Gasteiger partial charge in [-0.2, -0.15) is 0 Å². The Morgan fingerprint density at radius 2 is 1.83 bits per heavy atom. The van der Waals surface area contributed by atoms with Gasteiger partial charge in [0.15, 0.2) is 0 Å². The third kappa shape index (κ3) is 2.26. The van der Waals surface area contributed by atoms with E-state index in [4.69, 9.17) is 0 Å². The summed E-state index contributed by atoms with van der Waals surface area (Å²) in [5, 5.41) is 1.75. The fourth-order valence-corrected chi connectivity index (χ4v) is 2.73. The van der Waals surface area contributed by atoms with Crippen LogP contribution in [0.15, 0.2) is 23.6 Å². The summed E-state index contributed by atoms with van der Waals surface area (Å²) in [5.41, 5.74) is 1.64. The number of carbonyl (C=O) groups is 1. The van der Waals surface area contributed by atoms with Crippen molar-refractivity contribution in [3.63, 3.8) is 0 Å². The molecule has 0 spiro atoms. The summed E-state index contributed by atoms with van der Waals surface area (Å²) < 4.78 is 31.1. The first-order valence-electron chi connectivity index (χ1n) is 5.16. The van der Waals surface area contributed by atoms with E-state index in [0.29, 0.717) is 16.0 Å². The van der Waals surface area contributed by atoms with E-state index in [1.807, 2.05) is 0 Å². The Morgan fingerprint density at radius 3 is 2.39 bits per heavy atom. The van der Waals surface area contributed by atoms with Crippen molar-refractivity contribution >= 4 is 17.3 Å². The minimum absolute atomic E-state index is 0.339. The molecule has 0 radical (unpaired) electrons. The van der Waals surface area contributed by atoms with Gasteiger partial charge in [0.05, 0.1) is 7.11 Å². The normalized spacial score (nSPS) is 10.4. The Kier molecular flexibility index (Phi) is 3.43. The Bertz CT molecular complexity index is 585. The van der Waals surface area contributed by atoms with E-state index in [9.17, 15) is 13.6 Å². The molecule has 0 aliphatic rings. The molecule has 0 N–H and O–H groups in total. The van der Waals surface area contributed by atoms with Crippen LogP contribution in [0.3, 0.4) is 0 Å². The number of benzene rings is 1. The van der Waals surface area contributed by atoms with Crippen LogP contribution in [-0.4, -0.2) is 13.1 Å². The van der Waals surface area contributed by atoms with Gasteiger partial charge in [-0.3, -0.25) is 0 Å². The number of halogens is 2. The predicted molar refractivity (Wildman–Crippen MR) is 65.7 cm³/mol. The fraction of sp³-hybridized carbons (Fsp3) is 0.154. The van der Waals surface area contributed by atoms with Crippen LogP contribution in [0, 0.1) is 18.6 Å². The van der Waals surface area contributed by atoms with Gasteiger partial charge in [-0.1, -0.05) is 0 Å². The van der Waals surface area contributed by atoms with Crippen molar-refractivity contribution in [2.45, 2.75) is 6.92 Å². The lowest BCUT2D eigenvalue weighted by atomic mass is 10.0. The number of hydrogen-bond acceptors (Lipinski definition) is 3. The van der Waals surface area contributed by atoms with Crippen molar-refractivity contribution in [2.75, 3.05) is 7.11 Å². The molecule has 1 aromatic heterocycles. The number of rotatable bonds is 2. The van der Waals surface area contributed by atoms with Gasteiger partial charge >= 0.3 is 5.97 Å². The van der Waals surface area contributed by atoms with Crippen molar-refractivity contribution in [1.82, 2.24) is 0 Å². The number of carbonyl (C=O) groups excluding carboxylic acids is 1.